The maximum atomic E-state index is 11.2. The molecule has 1 amide bonds. The van der Waals surface area contributed by atoms with Gasteiger partial charge in [-0.2, -0.15) is 0 Å². The van der Waals surface area contributed by atoms with Crippen molar-refractivity contribution >= 4 is 5.91 Å². The number of nitrogens with zero attached hydrogens (tertiary/aromatic N) is 1. The fraction of sp³-hybridized carbons (Fsp3) is 0.857. The van der Waals surface area contributed by atoms with Gasteiger partial charge in [-0.3, -0.25) is 4.79 Å². The van der Waals surface area contributed by atoms with Crippen molar-refractivity contribution in [3.05, 3.63) is 0 Å². The Kier molecular flexibility index (Phi) is 1.20. The highest BCUT2D eigenvalue weighted by Crippen LogP contribution is 2.45. The normalized spacial score (nSPS) is 36.5. The Labute approximate surface area is 60.4 Å². The number of nitrogens with one attached hydrogen (secondary N) is 1. The zero-order valence-corrected chi connectivity index (χ0v) is 6.13. The predicted molar refractivity (Wildman–Crippen MR) is 37.2 cm³/mol. The van der Waals surface area contributed by atoms with Crippen LogP contribution in [0.2, 0.25) is 0 Å². The third-order valence-electron chi connectivity index (χ3n) is 2.36. The number of piperidine rings is 1. The lowest BCUT2D eigenvalue weighted by molar-refractivity contribution is -0.130. The highest BCUT2D eigenvalue weighted by atomic mass is 16.2. The van der Waals surface area contributed by atoms with Crippen LogP contribution in [-0.4, -0.2) is 31.1 Å². The minimum absolute atomic E-state index is 0.361. The summed E-state index contributed by atoms with van der Waals surface area (Å²) in [6.07, 6.45) is 1.15. The van der Waals surface area contributed by atoms with Gasteiger partial charge in [0.05, 0.1) is 6.67 Å². The van der Waals surface area contributed by atoms with Gasteiger partial charge in [0.15, 0.2) is 0 Å². The number of hydrogen-bond acceptors (Lipinski definition) is 2. The van der Waals surface area contributed by atoms with Crippen molar-refractivity contribution in [1.82, 2.24) is 10.2 Å². The van der Waals surface area contributed by atoms with Gasteiger partial charge in [-0.1, -0.05) is 0 Å². The molecular weight excluding hydrogens is 128 g/mol. The first kappa shape index (κ1) is 6.16. The molecule has 1 aliphatic heterocycles. The Morgan fingerprint density at radius 3 is 3.10 bits per heavy atom. The second kappa shape index (κ2) is 1.95. The third-order valence-corrected chi connectivity index (χ3v) is 2.36. The SMILES string of the molecule is CNCN1CC2CC2C1=O. The average molecular weight is 140 g/mol. The van der Waals surface area contributed by atoms with Crippen molar-refractivity contribution in [2.45, 2.75) is 6.42 Å². The van der Waals surface area contributed by atoms with E-state index < -0.39 is 0 Å². The quantitative estimate of drug-likeness (QED) is 0.568. The monoisotopic (exact) mass is 140 g/mol. The molecule has 1 saturated heterocycles. The molecule has 0 aromatic carbocycles. The molecule has 2 atom stereocenters. The van der Waals surface area contributed by atoms with Gasteiger partial charge in [0.25, 0.3) is 0 Å². The molecule has 2 rings (SSSR count). The first-order chi connectivity index (χ1) is 4.83. The number of carbonyl (C=O) groups is 1. The largest absolute Gasteiger partial charge is 0.329 e. The summed E-state index contributed by atoms with van der Waals surface area (Å²) in [6, 6.07) is 0. The molecule has 2 fully saturated rings. The highest BCUT2D eigenvalue weighted by Gasteiger charge is 2.51. The fourth-order valence-electron chi connectivity index (χ4n) is 1.69. The predicted octanol–water partition coefficient (Wildman–Crippen LogP) is -0.358. The van der Waals surface area contributed by atoms with Crippen LogP contribution in [0, 0.1) is 11.8 Å². The van der Waals surface area contributed by atoms with Crippen LogP contribution in [0.25, 0.3) is 0 Å². The molecule has 0 aromatic rings. The molecule has 0 aromatic heterocycles. The van der Waals surface area contributed by atoms with E-state index in [-0.39, 0.29) is 0 Å². The van der Waals surface area contributed by atoms with E-state index in [2.05, 4.69) is 5.32 Å². The van der Waals surface area contributed by atoms with Crippen molar-refractivity contribution in [3.8, 4) is 0 Å². The smallest absolute Gasteiger partial charge is 0.227 e. The zero-order chi connectivity index (χ0) is 7.14. The highest BCUT2D eigenvalue weighted by molar-refractivity contribution is 5.84. The van der Waals surface area contributed by atoms with E-state index >= 15 is 0 Å². The number of likely N-dealkylation sites (tertiary alicyclic amines) is 1. The Balaban J connectivity index is 1.95. The fourth-order valence-corrected chi connectivity index (χ4v) is 1.69. The molecule has 1 heterocycles. The van der Waals surface area contributed by atoms with E-state index in [0.717, 1.165) is 19.6 Å². The first-order valence-electron chi connectivity index (χ1n) is 3.76. The molecule has 1 N–H and O–H groups in total. The van der Waals surface area contributed by atoms with Crippen LogP contribution in [0.4, 0.5) is 0 Å². The molecular formula is C7H12N2O. The van der Waals surface area contributed by atoms with Crippen LogP contribution in [0.5, 0.6) is 0 Å². The summed E-state index contributed by atoms with van der Waals surface area (Å²) < 4.78 is 0. The summed E-state index contributed by atoms with van der Waals surface area (Å²) in [7, 11) is 1.87. The molecule has 3 nitrogen and oxygen atoms in total. The van der Waals surface area contributed by atoms with E-state index in [9.17, 15) is 4.79 Å². The average Bonchev–Trinajstić information content (AvgIpc) is 2.60. The van der Waals surface area contributed by atoms with Crippen LogP contribution < -0.4 is 5.32 Å². The number of carbonyl (C=O) groups excluding carboxylic acids is 1. The lowest BCUT2D eigenvalue weighted by atomic mass is 10.4. The molecule has 1 saturated carbocycles. The van der Waals surface area contributed by atoms with E-state index in [1.165, 1.54) is 0 Å². The van der Waals surface area contributed by atoms with Gasteiger partial charge in [-0.05, 0) is 19.4 Å². The zero-order valence-electron chi connectivity index (χ0n) is 6.13. The van der Waals surface area contributed by atoms with Crippen molar-refractivity contribution in [3.63, 3.8) is 0 Å². The van der Waals surface area contributed by atoms with Crippen LogP contribution >= 0.6 is 0 Å². The first-order valence-corrected chi connectivity index (χ1v) is 3.76. The lowest BCUT2D eigenvalue weighted by Crippen LogP contribution is -2.35. The summed E-state index contributed by atoms with van der Waals surface area (Å²) in [6.45, 7) is 1.72. The molecule has 0 radical (unpaired) electrons. The minimum Gasteiger partial charge on any atom is -0.329 e. The molecule has 0 bridgehead atoms. The van der Waals surface area contributed by atoms with Gasteiger partial charge in [-0.15, -0.1) is 0 Å². The van der Waals surface area contributed by atoms with E-state index in [0.29, 0.717) is 17.7 Å². The van der Waals surface area contributed by atoms with Crippen molar-refractivity contribution in [2.24, 2.45) is 11.8 Å². The van der Waals surface area contributed by atoms with Crippen LogP contribution in [0.1, 0.15) is 6.42 Å². The van der Waals surface area contributed by atoms with Gasteiger partial charge in [-0.25, -0.2) is 0 Å². The summed E-state index contributed by atoms with van der Waals surface area (Å²) in [4.78, 5) is 13.1. The maximum absolute atomic E-state index is 11.2. The van der Waals surface area contributed by atoms with Crippen LogP contribution in [0.15, 0.2) is 0 Å². The summed E-state index contributed by atoms with van der Waals surface area (Å²) >= 11 is 0. The van der Waals surface area contributed by atoms with E-state index in [4.69, 9.17) is 0 Å². The second-order valence-corrected chi connectivity index (χ2v) is 3.17. The van der Waals surface area contributed by atoms with E-state index in [1.807, 2.05) is 11.9 Å². The van der Waals surface area contributed by atoms with Gasteiger partial charge in [0.2, 0.25) is 5.91 Å². The molecule has 3 heteroatoms. The van der Waals surface area contributed by atoms with E-state index in [1.54, 1.807) is 0 Å². The third kappa shape index (κ3) is 0.736. The standard InChI is InChI=1S/C7H12N2O/c1-8-4-9-3-5-2-6(5)7(9)10/h5-6,8H,2-4H2,1H3. The molecule has 0 spiro atoms. The van der Waals surface area contributed by atoms with Crippen molar-refractivity contribution < 1.29 is 4.79 Å². The summed E-state index contributed by atoms with van der Waals surface area (Å²) in [5.41, 5.74) is 0. The van der Waals surface area contributed by atoms with Gasteiger partial charge < -0.3 is 10.2 Å². The molecule has 2 aliphatic rings. The molecule has 10 heavy (non-hydrogen) atoms. The summed E-state index contributed by atoms with van der Waals surface area (Å²) in [5.74, 6) is 1.48. The Bertz CT molecular complexity index is 169. The second-order valence-electron chi connectivity index (χ2n) is 3.17. The lowest BCUT2D eigenvalue weighted by Gasteiger charge is -2.16. The number of hydrogen-bond donors (Lipinski definition) is 1. The Hall–Kier alpha value is -0.570. The van der Waals surface area contributed by atoms with Gasteiger partial charge in [0, 0.05) is 12.5 Å². The molecule has 56 valence electrons. The minimum atomic E-state index is 0.361. The van der Waals surface area contributed by atoms with Crippen molar-refractivity contribution in [2.75, 3.05) is 20.3 Å². The maximum Gasteiger partial charge on any atom is 0.227 e. The number of fused-ring (bicyclic) bond motifs is 1. The number of amides is 1. The van der Waals surface area contributed by atoms with Crippen LogP contribution in [-0.2, 0) is 4.79 Å². The molecule has 1 aliphatic carbocycles. The van der Waals surface area contributed by atoms with Gasteiger partial charge in [0.1, 0.15) is 0 Å². The Morgan fingerprint density at radius 1 is 1.80 bits per heavy atom. The summed E-state index contributed by atoms with van der Waals surface area (Å²) in [5, 5.41) is 2.99. The topological polar surface area (TPSA) is 32.3 Å². The molecule has 2 unspecified atom stereocenters. The van der Waals surface area contributed by atoms with Crippen LogP contribution in [0.3, 0.4) is 0 Å². The number of rotatable bonds is 2. The van der Waals surface area contributed by atoms with Crippen molar-refractivity contribution in [1.29, 1.82) is 0 Å². The Morgan fingerprint density at radius 2 is 2.60 bits per heavy atom. The van der Waals surface area contributed by atoms with Gasteiger partial charge >= 0.3 is 0 Å².